The van der Waals surface area contributed by atoms with Gasteiger partial charge in [-0.15, -0.1) is 0 Å². The summed E-state index contributed by atoms with van der Waals surface area (Å²) in [5.74, 6) is -3.99. The number of sulfone groups is 1. The third-order valence-electron chi connectivity index (χ3n) is 6.59. The number of hydrogen-bond donors (Lipinski definition) is 1. The van der Waals surface area contributed by atoms with Crippen molar-refractivity contribution in [2.24, 2.45) is 11.7 Å². The summed E-state index contributed by atoms with van der Waals surface area (Å²) in [4.78, 5) is 20.6. The van der Waals surface area contributed by atoms with E-state index < -0.39 is 49.2 Å². The fourth-order valence-corrected chi connectivity index (χ4v) is 5.18. The first-order valence-electron chi connectivity index (χ1n) is 12.1. The number of ether oxygens (including phenoxy) is 1. The Balaban J connectivity index is 1.65. The van der Waals surface area contributed by atoms with E-state index in [4.69, 9.17) is 10.5 Å². The average molecular weight is 548 g/mol. The van der Waals surface area contributed by atoms with E-state index in [1.165, 1.54) is 6.20 Å². The second-order valence-electron chi connectivity index (χ2n) is 9.87. The first-order chi connectivity index (χ1) is 17.8. The van der Waals surface area contributed by atoms with Crippen LogP contribution >= 0.6 is 0 Å². The molecule has 0 unspecified atom stereocenters. The van der Waals surface area contributed by atoms with Gasteiger partial charge in [-0.1, -0.05) is 13.8 Å². The van der Waals surface area contributed by atoms with Crippen molar-refractivity contribution in [1.29, 1.82) is 0 Å². The lowest BCUT2D eigenvalue weighted by Crippen LogP contribution is -2.39. The van der Waals surface area contributed by atoms with Crippen molar-refractivity contribution >= 4 is 15.6 Å². The smallest absolute Gasteiger partial charge is 0.185 e. The van der Waals surface area contributed by atoms with Gasteiger partial charge >= 0.3 is 0 Å². The van der Waals surface area contributed by atoms with E-state index in [1.54, 1.807) is 12.3 Å². The number of nitrogens with two attached hydrogens (primary N) is 1. The molecule has 3 atom stereocenters. The third-order valence-corrected chi connectivity index (χ3v) is 7.68. The van der Waals surface area contributed by atoms with Gasteiger partial charge in [0.2, 0.25) is 0 Å². The molecule has 202 valence electrons. The molecule has 1 aromatic carbocycles. The van der Waals surface area contributed by atoms with Gasteiger partial charge in [-0.05, 0) is 60.2 Å². The Kier molecular flexibility index (Phi) is 8.01. The highest BCUT2D eigenvalue weighted by molar-refractivity contribution is 7.90. The van der Waals surface area contributed by atoms with Gasteiger partial charge in [0.25, 0.3) is 0 Å². The molecule has 7 nitrogen and oxygen atoms in total. The summed E-state index contributed by atoms with van der Waals surface area (Å²) in [6, 6.07) is 4.88. The van der Waals surface area contributed by atoms with Crippen LogP contribution in [-0.4, -0.2) is 42.6 Å². The van der Waals surface area contributed by atoms with Crippen LogP contribution in [0.1, 0.15) is 54.4 Å². The van der Waals surface area contributed by atoms with Crippen LogP contribution in [0.4, 0.5) is 13.2 Å². The molecular formula is C27H28F3N3O4S. The predicted molar refractivity (Wildman–Crippen MR) is 135 cm³/mol. The zero-order valence-electron chi connectivity index (χ0n) is 21.1. The summed E-state index contributed by atoms with van der Waals surface area (Å²) in [6.45, 7) is 4.10. The van der Waals surface area contributed by atoms with Gasteiger partial charge in [0.05, 0.1) is 22.7 Å². The first-order valence-corrected chi connectivity index (χ1v) is 14.0. The van der Waals surface area contributed by atoms with E-state index >= 15 is 0 Å². The van der Waals surface area contributed by atoms with Crippen LogP contribution in [0.3, 0.4) is 0 Å². The SMILES string of the molecule is CC(C)[C@H]1C[C@@H](N)C[C@@H](c2ccncc2CC(=O)c2ccc(F)c(-c3c(F)cc(S(C)(=O)=O)cc3F)n2)O1. The molecule has 0 aliphatic carbocycles. The quantitative estimate of drug-likeness (QED) is 0.431. The average Bonchev–Trinajstić information content (AvgIpc) is 2.84. The summed E-state index contributed by atoms with van der Waals surface area (Å²) in [6.07, 6.45) is 4.67. The van der Waals surface area contributed by atoms with Crippen molar-refractivity contribution in [3.05, 3.63) is 77.0 Å². The maximum Gasteiger partial charge on any atom is 0.185 e. The lowest BCUT2D eigenvalue weighted by Gasteiger charge is -2.36. The molecule has 1 fully saturated rings. The fourth-order valence-electron chi connectivity index (χ4n) is 4.55. The van der Waals surface area contributed by atoms with Crippen molar-refractivity contribution in [3.8, 4) is 11.3 Å². The number of ketones is 1. The summed E-state index contributed by atoms with van der Waals surface area (Å²) in [5, 5.41) is 0. The van der Waals surface area contributed by atoms with E-state index in [1.807, 2.05) is 0 Å². The monoisotopic (exact) mass is 547 g/mol. The maximum atomic E-state index is 14.7. The van der Waals surface area contributed by atoms with Gasteiger partial charge in [-0.25, -0.2) is 26.6 Å². The minimum absolute atomic E-state index is 0.0410. The summed E-state index contributed by atoms with van der Waals surface area (Å²) < 4.78 is 73.8. The molecule has 1 aliphatic heterocycles. The molecule has 0 amide bonds. The number of rotatable bonds is 7. The zero-order valence-corrected chi connectivity index (χ0v) is 21.9. The maximum absolute atomic E-state index is 14.7. The number of nitrogens with zero attached hydrogens (tertiary/aromatic N) is 2. The van der Waals surface area contributed by atoms with E-state index in [2.05, 4.69) is 23.8 Å². The Morgan fingerprint density at radius 2 is 1.79 bits per heavy atom. The molecular weight excluding hydrogens is 519 g/mol. The van der Waals surface area contributed by atoms with Gasteiger partial charge in [0, 0.05) is 31.1 Å². The number of hydrogen-bond acceptors (Lipinski definition) is 7. The number of carbonyl (C=O) groups excluding carboxylic acids is 1. The van der Waals surface area contributed by atoms with Crippen molar-refractivity contribution < 1.29 is 31.1 Å². The van der Waals surface area contributed by atoms with Gasteiger partial charge in [-0.3, -0.25) is 9.78 Å². The van der Waals surface area contributed by atoms with Crippen LogP contribution in [0, 0.1) is 23.4 Å². The molecule has 3 heterocycles. The van der Waals surface area contributed by atoms with Crippen molar-refractivity contribution in [2.75, 3.05) is 6.26 Å². The van der Waals surface area contributed by atoms with E-state index in [9.17, 15) is 26.4 Å². The van der Waals surface area contributed by atoms with Crippen LogP contribution in [0.2, 0.25) is 0 Å². The van der Waals surface area contributed by atoms with Crippen LogP contribution in [0.5, 0.6) is 0 Å². The minimum atomic E-state index is -3.91. The standard InChI is InChI=1S/C27H28F3N3O4S/c1-14(2)24-9-16(31)10-25(37-24)18-6-7-32-13-15(18)8-23(34)22-5-4-19(28)27(33-22)26-20(29)11-17(12-21(26)30)38(3,35)36/h4-7,11-14,16,24-25H,8-10,31H2,1-3H3/t16-,24-,25+/m1/s1. The molecule has 1 aliphatic rings. The largest absolute Gasteiger partial charge is 0.370 e. The molecule has 11 heteroatoms. The highest BCUT2D eigenvalue weighted by Gasteiger charge is 2.32. The second-order valence-corrected chi connectivity index (χ2v) is 11.9. The molecule has 0 bridgehead atoms. The number of pyridine rings is 2. The Morgan fingerprint density at radius 3 is 2.42 bits per heavy atom. The molecule has 0 radical (unpaired) electrons. The van der Waals surface area contributed by atoms with E-state index in [0.29, 0.717) is 24.1 Å². The first kappa shape index (κ1) is 27.9. The number of aromatic nitrogens is 2. The third kappa shape index (κ3) is 5.95. The van der Waals surface area contributed by atoms with E-state index in [0.717, 1.165) is 30.4 Å². The molecule has 1 saturated heterocycles. The van der Waals surface area contributed by atoms with Crippen LogP contribution in [-0.2, 0) is 21.0 Å². The molecule has 0 saturated carbocycles. The number of halogens is 3. The summed E-state index contributed by atoms with van der Waals surface area (Å²) in [5.41, 5.74) is 5.78. The summed E-state index contributed by atoms with van der Waals surface area (Å²) in [7, 11) is -3.91. The predicted octanol–water partition coefficient (Wildman–Crippen LogP) is 4.59. The number of benzene rings is 1. The zero-order chi connectivity index (χ0) is 27.8. The fraction of sp³-hybridized carbons (Fsp3) is 0.370. The normalized spacial score (nSPS) is 20.1. The highest BCUT2D eigenvalue weighted by Crippen LogP contribution is 2.35. The van der Waals surface area contributed by atoms with Crippen molar-refractivity contribution in [2.45, 2.75) is 56.3 Å². The molecule has 38 heavy (non-hydrogen) atoms. The number of carbonyl (C=O) groups is 1. The van der Waals surface area contributed by atoms with Crippen molar-refractivity contribution in [1.82, 2.24) is 9.97 Å². The second kappa shape index (κ2) is 10.9. The van der Waals surface area contributed by atoms with Gasteiger partial charge in [0.15, 0.2) is 15.6 Å². The Labute approximate surface area is 219 Å². The number of Topliss-reactive ketones (excluding diaryl/α,β-unsaturated/α-hetero) is 1. The minimum Gasteiger partial charge on any atom is -0.370 e. The van der Waals surface area contributed by atoms with Crippen LogP contribution in [0.15, 0.2) is 47.6 Å². The Bertz CT molecular complexity index is 1460. The van der Waals surface area contributed by atoms with Gasteiger partial charge < -0.3 is 10.5 Å². The highest BCUT2D eigenvalue weighted by atomic mass is 32.2. The molecule has 3 aromatic rings. The molecule has 2 N–H and O–H groups in total. The van der Waals surface area contributed by atoms with E-state index in [-0.39, 0.29) is 36.3 Å². The molecule has 4 rings (SSSR count). The Hall–Kier alpha value is -3.15. The topological polar surface area (TPSA) is 112 Å². The van der Waals surface area contributed by atoms with Crippen molar-refractivity contribution in [3.63, 3.8) is 0 Å². The van der Waals surface area contributed by atoms with Gasteiger partial charge in [-0.2, -0.15) is 0 Å². The lowest BCUT2D eigenvalue weighted by atomic mass is 9.88. The molecule has 0 spiro atoms. The summed E-state index contributed by atoms with van der Waals surface area (Å²) >= 11 is 0. The van der Waals surface area contributed by atoms with Crippen LogP contribution < -0.4 is 5.73 Å². The van der Waals surface area contributed by atoms with Gasteiger partial charge in [0.1, 0.15) is 28.8 Å². The Morgan fingerprint density at radius 1 is 1.11 bits per heavy atom. The van der Waals surface area contributed by atoms with Crippen LogP contribution in [0.25, 0.3) is 11.3 Å². The lowest BCUT2D eigenvalue weighted by molar-refractivity contribution is -0.0793. The molecule has 2 aromatic heterocycles.